The SMILES string of the molecule is CC1(CC23C=CC=CC2C(=O)NC3=O)CO1. The van der Waals surface area contributed by atoms with Crippen molar-refractivity contribution in [2.45, 2.75) is 18.9 Å². The number of fused-ring (bicyclic) bond motifs is 1. The van der Waals surface area contributed by atoms with Crippen molar-refractivity contribution in [1.29, 1.82) is 0 Å². The minimum atomic E-state index is -0.725. The van der Waals surface area contributed by atoms with Gasteiger partial charge in [-0.15, -0.1) is 0 Å². The molecule has 16 heavy (non-hydrogen) atoms. The summed E-state index contributed by atoms with van der Waals surface area (Å²) in [6.45, 7) is 2.64. The molecule has 0 radical (unpaired) electrons. The van der Waals surface area contributed by atoms with Crippen LogP contribution in [0.5, 0.6) is 0 Å². The molecule has 0 aromatic rings. The zero-order valence-electron chi connectivity index (χ0n) is 9.03. The molecule has 1 aliphatic carbocycles. The Morgan fingerprint density at radius 1 is 1.50 bits per heavy atom. The summed E-state index contributed by atoms with van der Waals surface area (Å²) < 4.78 is 5.34. The Hall–Kier alpha value is -1.42. The van der Waals surface area contributed by atoms with Crippen molar-refractivity contribution in [3.8, 4) is 0 Å². The smallest absolute Gasteiger partial charge is 0.237 e. The van der Waals surface area contributed by atoms with Gasteiger partial charge in [0.15, 0.2) is 0 Å². The van der Waals surface area contributed by atoms with Crippen molar-refractivity contribution in [3.63, 3.8) is 0 Å². The third kappa shape index (κ3) is 1.19. The topological polar surface area (TPSA) is 58.7 Å². The number of allylic oxidation sites excluding steroid dienone is 2. The van der Waals surface area contributed by atoms with Gasteiger partial charge < -0.3 is 4.74 Å². The first-order chi connectivity index (χ1) is 7.56. The molecule has 0 saturated carbocycles. The lowest BCUT2D eigenvalue weighted by atomic mass is 9.69. The van der Waals surface area contributed by atoms with E-state index in [1.165, 1.54) is 0 Å². The molecule has 3 unspecified atom stereocenters. The number of ether oxygens (including phenoxy) is 1. The summed E-state index contributed by atoms with van der Waals surface area (Å²) in [5.74, 6) is -0.763. The highest BCUT2D eigenvalue weighted by Crippen LogP contribution is 2.48. The predicted molar refractivity (Wildman–Crippen MR) is 56.3 cm³/mol. The molecule has 84 valence electrons. The van der Waals surface area contributed by atoms with Crippen molar-refractivity contribution in [2.24, 2.45) is 11.3 Å². The highest BCUT2D eigenvalue weighted by atomic mass is 16.6. The van der Waals surface area contributed by atoms with Gasteiger partial charge in [0.05, 0.1) is 23.5 Å². The number of nitrogens with one attached hydrogen (secondary N) is 1. The van der Waals surface area contributed by atoms with Gasteiger partial charge in [0.2, 0.25) is 11.8 Å². The average molecular weight is 219 g/mol. The fraction of sp³-hybridized carbons (Fsp3) is 0.500. The number of imide groups is 1. The summed E-state index contributed by atoms with van der Waals surface area (Å²) in [6.07, 6.45) is 7.86. The van der Waals surface area contributed by atoms with E-state index in [4.69, 9.17) is 4.74 Å². The monoisotopic (exact) mass is 219 g/mol. The van der Waals surface area contributed by atoms with Crippen LogP contribution in [0, 0.1) is 11.3 Å². The highest BCUT2D eigenvalue weighted by Gasteiger charge is 2.58. The van der Waals surface area contributed by atoms with E-state index in [0.29, 0.717) is 13.0 Å². The molecule has 3 rings (SSSR count). The molecule has 0 aromatic carbocycles. The number of amides is 2. The van der Waals surface area contributed by atoms with E-state index in [9.17, 15) is 9.59 Å². The number of rotatable bonds is 2. The lowest BCUT2D eigenvalue weighted by Gasteiger charge is -2.29. The molecular formula is C12H13NO3. The van der Waals surface area contributed by atoms with E-state index in [1.54, 1.807) is 6.08 Å². The van der Waals surface area contributed by atoms with Crippen LogP contribution in [0.2, 0.25) is 0 Å². The fourth-order valence-corrected chi connectivity index (χ4v) is 2.62. The number of hydrogen-bond acceptors (Lipinski definition) is 3. The molecule has 3 aliphatic rings. The van der Waals surface area contributed by atoms with Crippen LogP contribution in [0.15, 0.2) is 24.3 Å². The maximum atomic E-state index is 12.0. The van der Waals surface area contributed by atoms with E-state index in [2.05, 4.69) is 5.32 Å². The van der Waals surface area contributed by atoms with E-state index in [1.807, 2.05) is 25.2 Å². The first-order valence-electron chi connectivity index (χ1n) is 5.41. The summed E-state index contributed by atoms with van der Waals surface area (Å²) in [4.78, 5) is 23.6. The Morgan fingerprint density at radius 3 is 2.94 bits per heavy atom. The van der Waals surface area contributed by atoms with Gasteiger partial charge in [-0.2, -0.15) is 0 Å². The Balaban J connectivity index is 2.00. The molecule has 0 bridgehead atoms. The maximum Gasteiger partial charge on any atom is 0.237 e. The summed E-state index contributed by atoms with van der Waals surface area (Å²) in [5, 5.41) is 2.41. The number of epoxide rings is 1. The van der Waals surface area contributed by atoms with Crippen molar-refractivity contribution < 1.29 is 14.3 Å². The lowest BCUT2D eigenvalue weighted by molar-refractivity contribution is -0.127. The lowest BCUT2D eigenvalue weighted by Crippen LogP contribution is -2.37. The van der Waals surface area contributed by atoms with Gasteiger partial charge in [0.1, 0.15) is 0 Å². The Labute approximate surface area is 93.3 Å². The minimum absolute atomic E-state index is 0.195. The van der Waals surface area contributed by atoms with Crippen molar-refractivity contribution in [3.05, 3.63) is 24.3 Å². The van der Waals surface area contributed by atoms with Crippen LogP contribution < -0.4 is 5.32 Å². The molecule has 3 atom stereocenters. The largest absolute Gasteiger partial charge is 0.370 e. The zero-order valence-corrected chi connectivity index (χ0v) is 9.03. The van der Waals surface area contributed by atoms with Gasteiger partial charge in [0, 0.05) is 0 Å². The summed E-state index contributed by atoms with van der Waals surface area (Å²) in [5.41, 5.74) is -0.965. The maximum absolute atomic E-state index is 12.0. The van der Waals surface area contributed by atoms with Gasteiger partial charge in [-0.05, 0) is 13.3 Å². The Kier molecular flexibility index (Phi) is 1.73. The van der Waals surface area contributed by atoms with Crippen LogP contribution in [0.4, 0.5) is 0 Å². The van der Waals surface area contributed by atoms with E-state index in [-0.39, 0.29) is 23.3 Å². The molecule has 2 fully saturated rings. The number of carbonyl (C=O) groups is 2. The third-order valence-corrected chi connectivity index (χ3v) is 3.61. The number of carbonyl (C=O) groups excluding carboxylic acids is 2. The molecule has 0 spiro atoms. The van der Waals surface area contributed by atoms with Crippen LogP contribution in [0.25, 0.3) is 0 Å². The fourth-order valence-electron chi connectivity index (χ4n) is 2.62. The quantitative estimate of drug-likeness (QED) is 0.545. The van der Waals surface area contributed by atoms with Gasteiger partial charge >= 0.3 is 0 Å². The Morgan fingerprint density at radius 2 is 2.25 bits per heavy atom. The van der Waals surface area contributed by atoms with E-state index >= 15 is 0 Å². The van der Waals surface area contributed by atoms with Gasteiger partial charge in [-0.3, -0.25) is 14.9 Å². The van der Waals surface area contributed by atoms with Crippen LogP contribution in [0.1, 0.15) is 13.3 Å². The van der Waals surface area contributed by atoms with E-state index < -0.39 is 5.41 Å². The van der Waals surface area contributed by atoms with Crippen LogP contribution in [-0.4, -0.2) is 24.0 Å². The normalized spacial score (nSPS) is 44.4. The van der Waals surface area contributed by atoms with Crippen LogP contribution in [-0.2, 0) is 14.3 Å². The van der Waals surface area contributed by atoms with Crippen molar-refractivity contribution in [2.75, 3.05) is 6.61 Å². The van der Waals surface area contributed by atoms with Gasteiger partial charge in [-0.25, -0.2) is 0 Å². The van der Waals surface area contributed by atoms with Crippen LogP contribution in [0.3, 0.4) is 0 Å². The van der Waals surface area contributed by atoms with Crippen LogP contribution >= 0.6 is 0 Å². The van der Waals surface area contributed by atoms with Crippen molar-refractivity contribution >= 4 is 11.8 Å². The second kappa shape index (κ2) is 2.83. The summed E-state index contributed by atoms with van der Waals surface area (Å²) in [7, 11) is 0. The standard InChI is InChI=1S/C12H13NO3/c1-11(7-16-11)6-12-5-3-2-4-8(12)9(14)13-10(12)15/h2-5,8H,6-7H2,1H3,(H,13,14,15). The minimum Gasteiger partial charge on any atom is -0.370 e. The zero-order chi connectivity index (χ0) is 11.4. The number of hydrogen-bond donors (Lipinski definition) is 1. The van der Waals surface area contributed by atoms with Gasteiger partial charge in [0.25, 0.3) is 0 Å². The third-order valence-electron chi connectivity index (χ3n) is 3.61. The second-order valence-corrected chi connectivity index (χ2v) is 5.00. The Bertz CT molecular complexity index is 434. The average Bonchev–Trinajstić information content (AvgIpc) is 2.90. The molecule has 1 N–H and O–H groups in total. The molecule has 0 aromatic heterocycles. The summed E-state index contributed by atoms with van der Waals surface area (Å²) in [6, 6.07) is 0. The molecule has 2 heterocycles. The molecular weight excluding hydrogens is 206 g/mol. The highest BCUT2D eigenvalue weighted by molar-refractivity contribution is 6.09. The molecule has 2 saturated heterocycles. The van der Waals surface area contributed by atoms with E-state index in [0.717, 1.165) is 0 Å². The molecule has 4 nitrogen and oxygen atoms in total. The van der Waals surface area contributed by atoms with Crippen molar-refractivity contribution in [1.82, 2.24) is 5.32 Å². The first kappa shape index (κ1) is 9.78. The second-order valence-electron chi connectivity index (χ2n) is 5.00. The first-order valence-corrected chi connectivity index (χ1v) is 5.41. The molecule has 4 heteroatoms. The predicted octanol–water partition coefficient (Wildman–Crippen LogP) is 0.550. The molecule has 2 amide bonds. The summed E-state index contributed by atoms with van der Waals surface area (Å²) >= 11 is 0. The van der Waals surface area contributed by atoms with Gasteiger partial charge in [-0.1, -0.05) is 24.3 Å². The molecule has 2 aliphatic heterocycles.